The minimum absolute atomic E-state index is 0.0281. The molecule has 1 aliphatic rings. The summed E-state index contributed by atoms with van der Waals surface area (Å²) in [5.41, 5.74) is -0.0978. The van der Waals surface area contributed by atoms with E-state index in [9.17, 15) is 18.0 Å². The number of nitrogens with zero attached hydrogens (tertiary/aromatic N) is 4. The second kappa shape index (κ2) is 9.48. The molecule has 0 unspecified atom stereocenters. The van der Waals surface area contributed by atoms with Crippen LogP contribution in [0.15, 0.2) is 41.9 Å². The normalized spacial score (nSPS) is 15.4. The number of benzene rings is 1. The van der Waals surface area contributed by atoms with Gasteiger partial charge in [-0.1, -0.05) is 12.1 Å². The monoisotopic (exact) mass is 397 g/mol. The predicted octanol–water partition coefficient (Wildman–Crippen LogP) is 2.05. The van der Waals surface area contributed by atoms with E-state index in [4.69, 9.17) is 0 Å². The van der Waals surface area contributed by atoms with Crippen LogP contribution in [-0.4, -0.2) is 75.0 Å². The maximum Gasteiger partial charge on any atom is 0.416 e. The Bertz CT molecular complexity index is 710. The average Bonchev–Trinajstić information content (AvgIpc) is 2.67. The van der Waals surface area contributed by atoms with Gasteiger partial charge in [0.2, 0.25) is 5.91 Å². The van der Waals surface area contributed by atoms with Gasteiger partial charge in [0.05, 0.1) is 5.56 Å². The summed E-state index contributed by atoms with van der Waals surface area (Å²) in [5.74, 6) is 0.485. The molecular formula is C19H26F3N5O. The summed E-state index contributed by atoms with van der Waals surface area (Å²) < 4.78 is 38.8. The fourth-order valence-electron chi connectivity index (χ4n) is 2.77. The molecule has 1 aromatic rings. The van der Waals surface area contributed by atoms with Gasteiger partial charge in [-0.25, -0.2) is 4.99 Å². The number of hydrogen-bond donors (Lipinski definition) is 1. The van der Waals surface area contributed by atoms with Gasteiger partial charge >= 0.3 is 6.18 Å². The molecular weight excluding hydrogens is 371 g/mol. The Morgan fingerprint density at radius 1 is 1.29 bits per heavy atom. The Morgan fingerprint density at radius 3 is 2.54 bits per heavy atom. The summed E-state index contributed by atoms with van der Waals surface area (Å²) in [6.07, 6.45) is -2.66. The van der Waals surface area contributed by atoms with Crippen molar-refractivity contribution < 1.29 is 18.0 Å². The third-order valence-electron chi connectivity index (χ3n) is 4.39. The van der Waals surface area contributed by atoms with Crippen LogP contribution in [0.25, 0.3) is 0 Å². The van der Waals surface area contributed by atoms with Gasteiger partial charge in [-0.3, -0.25) is 4.79 Å². The summed E-state index contributed by atoms with van der Waals surface area (Å²) in [6, 6.07) is 5.36. The van der Waals surface area contributed by atoms with Gasteiger partial charge in [0.1, 0.15) is 6.54 Å². The minimum Gasteiger partial charge on any atom is -0.368 e. The van der Waals surface area contributed by atoms with Gasteiger partial charge in [-0.15, -0.1) is 6.58 Å². The zero-order chi connectivity index (χ0) is 20.7. The molecule has 6 nitrogen and oxygen atoms in total. The fourth-order valence-corrected chi connectivity index (χ4v) is 2.77. The number of halogens is 3. The molecule has 1 heterocycles. The lowest BCUT2D eigenvalue weighted by atomic mass is 10.1. The number of piperazine rings is 1. The lowest BCUT2D eigenvalue weighted by Crippen LogP contribution is -2.52. The number of carbonyl (C=O) groups excluding carboxylic acids is 1. The second-order valence-corrected chi connectivity index (χ2v) is 6.62. The first-order chi connectivity index (χ1) is 13.2. The van der Waals surface area contributed by atoms with E-state index in [0.29, 0.717) is 44.4 Å². The van der Waals surface area contributed by atoms with Crippen molar-refractivity contribution in [3.05, 3.63) is 42.5 Å². The van der Waals surface area contributed by atoms with Crippen molar-refractivity contribution in [2.24, 2.45) is 4.99 Å². The summed E-state index contributed by atoms with van der Waals surface area (Å²) in [4.78, 5) is 21.6. The first-order valence-corrected chi connectivity index (χ1v) is 8.99. The van der Waals surface area contributed by atoms with E-state index >= 15 is 0 Å². The van der Waals surface area contributed by atoms with E-state index in [1.807, 2.05) is 9.80 Å². The van der Waals surface area contributed by atoms with Gasteiger partial charge in [-0.2, -0.15) is 13.2 Å². The predicted molar refractivity (Wildman–Crippen MR) is 104 cm³/mol. The summed E-state index contributed by atoms with van der Waals surface area (Å²) in [7, 11) is 3.34. The highest BCUT2D eigenvalue weighted by Crippen LogP contribution is 2.31. The largest absolute Gasteiger partial charge is 0.416 e. The quantitative estimate of drug-likeness (QED) is 0.469. The van der Waals surface area contributed by atoms with Gasteiger partial charge < -0.3 is 20.0 Å². The zero-order valence-electron chi connectivity index (χ0n) is 16.2. The van der Waals surface area contributed by atoms with Crippen molar-refractivity contribution in [3.8, 4) is 0 Å². The molecule has 0 radical (unpaired) electrons. The molecule has 1 amide bonds. The average molecular weight is 397 g/mol. The number of rotatable bonds is 5. The first-order valence-electron chi connectivity index (χ1n) is 8.99. The van der Waals surface area contributed by atoms with Crippen LogP contribution < -0.4 is 10.2 Å². The summed E-state index contributed by atoms with van der Waals surface area (Å²) in [6.45, 7) is 6.46. The molecule has 28 heavy (non-hydrogen) atoms. The van der Waals surface area contributed by atoms with Crippen molar-refractivity contribution in [2.75, 3.05) is 58.3 Å². The topological polar surface area (TPSA) is 51.2 Å². The molecule has 0 aliphatic carbocycles. The highest BCUT2D eigenvalue weighted by molar-refractivity contribution is 5.85. The van der Waals surface area contributed by atoms with Crippen LogP contribution in [0.4, 0.5) is 18.9 Å². The molecule has 0 aromatic heterocycles. The zero-order valence-corrected chi connectivity index (χ0v) is 16.2. The number of aliphatic imine (C=N–C) groups is 1. The van der Waals surface area contributed by atoms with Crippen LogP contribution in [-0.2, 0) is 11.0 Å². The van der Waals surface area contributed by atoms with E-state index in [0.717, 1.165) is 6.07 Å². The molecule has 154 valence electrons. The van der Waals surface area contributed by atoms with Crippen LogP contribution in [0.3, 0.4) is 0 Å². The van der Waals surface area contributed by atoms with Crippen LogP contribution in [0.1, 0.15) is 5.56 Å². The SMILES string of the molecule is C=CCNC(=NCC(=O)N(C)C)N1CCN(c2cccc(C(F)(F)F)c2)CC1. The van der Waals surface area contributed by atoms with E-state index < -0.39 is 11.7 Å². The third-order valence-corrected chi connectivity index (χ3v) is 4.39. The van der Waals surface area contributed by atoms with Crippen LogP contribution in [0.5, 0.6) is 0 Å². The number of alkyl halides is 3. The van der Waals surface area contributed by atoms with Crippen molar-refractivity contribution in [1.82, 2.24) is 15.1 Å². The number of nitrogens with one attached hydrogen (secondary N) is 1. The molecule has 0 atom stereocenters. The standard InChI is InChI=1S/C19H26F3N5O/c1-4-8-23-18(24-14-17(28)25(2)3)27-11-9-26(10-12-27)16-7-5-6-15(13-16)19(20,21)22/h4-7,13H,1,8-12,14H2,2-3H3,(H,23,24). The Kier molecular flexibility index (Phi) is 7.31. The van der Waals surface area contributed by atoms with E-state index in [2.05, 4.69) is 16.9 Å². The maximum atomic E-state index is 12.9. The van der Waals surface area contributed by atoms with Crippen molar-refractivity contribution in [2.45, 2.75) is 6.18 Å². The fraction of sp³-hybridized carbons (Fsp3) is 0.474. The maximum absolute atomic E-state index is 12.9. The Labute approximate surface area is 163 Å². The van der Waals surface area contributed by atoms with Gasteiger partial charge in [0, 0.05) is 52.5 Å². The Morgan fingerprint density at radius 2 is 1.96 bits per heavy atom. The van der Waals surface area contributed by atoms with Gasteiger partial charge in [-0.05, 0) is 18.2 Å². The van der Waals surface area contributed by atoms with Gasteiger partial charge in [0.25, 0.3) is 0 Å². The highest BCUT2D eigenvalue weighted by Gasteiger charge is 2.31. The Hall–Kier alpha value is -2.71. The smallest absolute Gasteiger partial charge is 0.368 e. The van der Waals surface area contributed by atoms with E-state index in [-0.39, 0.29) is 12.5 Å². The van der Waals surface area contributed by atoms with E-state index in [1.54, 1.807) is 26.2 Å². The molecule has 1 aromatic carbocycles. The van der Waals surface area contributed by atoms with Gasteiger partial charge in [0.15, 0.2) is 5.96 Å². The number of anilines is 1. The summed E-state index contributed by atoms with van der Waals surface area (Å²) in [5, 5.41) is 3.14. The van der Waals surface area contributed by atoms with E-state index in [1.165, 1.54) is 17.0 Å². The molecule has 0 saturated carbocycles. The first kappa shape index (κ1) is 21.6. The number of amides is 1. The molecule has 9 heteroatoms. The molecule has 0 spiro atoms. The molecule has 1 N–H and O–H groups in total. The van der Waals surface area contributed by atoms with Crippen LogP contribution in [0, 0.1) is 0 Å². The number of likely N-dealkylation sites (N-methyl/N-ethyl adjacent to an activating group) is 1. The lowest BCUT2D eigenvalue weighted by molar-refractivity contribution is -0.137. The number of guanidine groups is 1. The third kappa shape index (κ3) is 5.90. The molecule has 1 saturated heterocycles. The van der Waals surface area contributed by atoms with Crippen molar-refractivity contribution >= 4 is 17.6 Å². The van der Waals surface area contributed by atoms with Crippen LogP contribution >= 0.6 is 0 Å². The molecule has 1 fully saturated rings. The van der Waals surface area contributed by atoms with Crippen molar-refractivity contribution in [3.63, 3.8) is 0 Å². The molecule has 2 rings (SSSR count). The lowest BCUT2D eigenvalue weighted by Gasteiger charge is -2.38. The molecule has 0 bridgehead atoms. The van der Waals surface area contributed by atoms with Crippen molar-refractivity contribution in [1.29, 1.82) is 0 Å². The minimum atomic E-state index is -4.36. The number of hydrogen-bond acceptors (Lipinski definition) is 3. The second-order valence-electron chi connectivity index (χ2n) is 6.62. The number of carbonyl (C=O) groups is 1. The highest BCUT2D eigenvalue weighted by atomic mass is 19.4. The molecule has 1 aliphatic heterocycles. The van der Waals surface area contributed by atoms with Crippen LogP contribution in [0.2, 0.25) is 0 Å². The summed E-state index contributed by atoms with van der Waals surface area (Å²) >= 11 is 0. The Balaban J connectivity index is 2.04.